The van der Waals surface area contributed by atoms with Crippen LogP contribution in [0.5, 0.6) is 0 Å². The van der Waals surface area contributed by atoms with Crippen molar-refractivity contribution >= 4 is 0 Å². The van der Waals surface area contributed by atoms with Crippen LogP contribution >= 0.6 is 0 Å². The molecule has 19 heavy (non-hydrogen) atoms. The molecule has 2 aromatic heterocycles. The molecule has 3 rings (SSSR count). The van der Waals surface area contributed by atoms with Crippen LogP contribution in [-0.2, 0) is 0 Å². The van der Waals surface area contributed by atoms with E-state index in [0.29, 0.717) is 29.4 Å². The lowest BCUT2D eigenvalue weighted by atomic mass is 10.1. The summed E-state index contributed by atoms with van der Waals surface area (Å²) in [4.78, 5) is 6.88. The predicted molar refractivity (Wildman–Crippen MR) is 69.4 cm³/mol. The Labute approximate surface area is 111 Å². The van der Waals surface area contributed by atoms with Crippen LogP contribution in [0.25, 0.3) is 11.5 Å². The summed E-state index contributed by atoms with van der Waals surface area (Å²) in [5.74, 6) is 1.57. The molecule has 1 atom stereocenters. The fraction of sp³-hybridized carbons (Fsp3) is 0.538. The first kappa shape index (κ1) is 12.2. The second-order valence-corrected chi connectivity index (χ2v) is 5.14. The quantitative estimate of drug-likeness (QED) is 0.836. The molecule has 1 saturated heterocycles. The lowest BCUT2D eigenvalue weighted by Gasteiger charge is -2.19. The first-order valence-electron chi connectivity index (χ1n) is 6.60. The fourth-order valence-corrected chi connectivity index (χ4v) is 2.38. The molecule has 0 N–H and O–H groups in total. The lowest BCUT2D eigenvalue weighted by Crippen LogP contribution is -2.27. The van der Waals surface area contributed by atoms with Gasteiger partial charge in [0.15, 0.2) is 0 Å². The molecule has 1 fully saturated rings. The number of rotatable bonds is 3. The first-order valence-corrected chi connectivity index (χ1v) is 6.60. The topological polar surface area (TPSA) is 67.9 Å². The van der Waals surface area contributed by atoms with Crippen molar-refractivity contribution in [3.05, 3.63) is 24.2 Å². The minimum absolute atomic E-state index is 0.334. The molecule has 3 heterocycles. The third-order valence-corrected chi connectivity index (χ3v) is 3.54. The smallest absolute Gasteiger partial charge is 0.231 e. The largest absolute Gasteiger partial charge is 0.339 e. The van der Waals surface area contributed by atoms with Gasteiger partial charge in [-0.2, -0.15) is 10.1 Å². The van der Waals surface area contributed by atoms with Crippen LogP contribution in [0, 0.1) is 0 Å². The fourth-order valence-electron chi connectivity index (χ4n) is 2.38. The van der Waals surface area contributed by atoms with Crippen LogP contribution in [0.3, 0.4) is 0 Å². The Bertz CT molecular complexity index is 539. The summed E-state index contributed by atoms with van der Waals surface area (Å²) < 4.78 is 5.38. The van der Waals surface area contributed by atoms with E-state index < -0.39 is 0 Å². The van der Waals surface area contributed by atoms with Crippen molar-refractivity contribution in [2.24, 2.45) is 0 Å². The third-order valence-electron chi connectivity index (χ3n) is 3.54. The molecular formula is C13H17N5O. The van der Waals surface area contributed by atoms with Gasteiger partial charge in [0, 0.05) is 18.8 Å². The highest BCUT2D eigenvalue weighted by molar-refractivity contribution is 5.46. The highest BCUT2D eigenvalue weighted by atomic mass is 16.5. The number of aromatic nitrogens is 4. The van der Waals surface area contributed by atoms with Gasteiger partial charge in [-0.3, -0.25) is 0 Å². The zero-order chi connectivity index (χ0) is 13.2. The summed E-state index contributed by atoms with van der Waals surface area (Å²) in [5.41, 5.74) is 0.649. The molecule has 1 aliphatic rings. The Hall–Kier alpha value is -1.82. The minimum Gasteiger partial charge on any atom is -0.339 e. The van der Waals surface area contributed by atoms with Crippen molar-refractivity contribution < 1.29 is 4.52 Å². The first-order chi connectivity index (χ1) is 9.24. The Balaban J connectivity index is 1.76. The van der Waals surface area contributed by atoms with Gasteiger partial charge in [0.2, 0.25) is 11.7 Å². The van der Waals surface area contributed by atoms with Crippen LogP contribution < -0.4 is 0 Å². The van der Waals surface area contributed by atoms with Gasteiger partial charge >= 0.3 is 0 Å². The molecule has 1 aliphatic heterocycles. The molecule has 0 spiro atoms. The zero-order valence-corrected chi connectivity index (χ0v) is 11.2. The molecule has 0 bridgehead atoms. The van der Waals surface area contributed by atoms with Crippen molar-refractivity contribution in [1.29, 1.82) is 0 Å². The monoisotopic (exact) mass is 259 g/mol. The normalized spacial score (nSPS) is 20.3. The van der Waals surface area contributed by atoms with Gasteiger partial charge in [0.1, 0.15) is 5.69 Å². The highest BCUT2D eigenvalue weighted by Gasteiger charge is 2.29. The van der Waals surface area contributed by atoms with Crippen LogP contribution in [-0.4, -0.2) is 44.4 Å². The van der Waals surface area contributed by atoms with Crippen LogP contribution in [0.15, 0.2) is 22.9 Å². The Morgan fingerprint density at radius 1 is 1.42 bits per heavy atom. The Kier molecular flexibility index (Phi) is 3.25. The van der Waals surface area contributed by atoms with E-state index in [9.17, 15) is 0 Å². The molecule has 100 valence electrons. The molecule has 0 saturated carbocycles. The van der Waals surface area contributed by atoms with E-state index in [1.54, 1.807) is 6.20 Å². The minimum atomic E-state index is 0.334. The van der Waals surface area contributed by atoms with E-state index >= 15 is 0 Å². The van der Waals surface area contributed by atoms with Crippen LogP contribution in [0.4, 0.5) is 0 Å². The molecule has 6 nitrogen and oxygen atoms in total. The van der Waals surface area contributed by atoms with Crippen molar-refractivity contribution in [3.8, 4) is 11.5 Å². The van der Waals surface area contributed by atoms with Gasteiger partial charge in [0.05, 0.1) is 5.92 Å². The molecule has 0 aliphatic carbocycles. The molecular weight excluding hydrogens is 242 g/mol. The number of hydrogen-bond donors (Lipinski definition) is 0. The van der Waals surface area contributed by atoms with E-state index in [-0.39, 0.29) is 0 Å². The average Bonchev–Trinajstić information content (AvgIpc) is 3.09. The maximum absolute atomic E-state index is 5.38. The summed E-state index contributed by atoms with van der Waals surface area (Å²) in [6.45, 7) is 6.49. The molecule has 0 aromatic carbocycles. The summed E-state index contributed by atoms with van der Waals surface area (Å²) >= 11 is 0. The molecule has 6 heteroatoms. The Morgan fingerprint density at radius 3 is 3.00 bits per heavy atom. The molecule has 0 radical (unpaired) electrons. The van der Waals surface area contributed by atoms with E-state index in [2.05, 4.69) is 39.1 Å². The van der Waals surface area contributed by atoms with Gasteiger partial charge in [-0.1, -0.05) is 5.16 Å². The summed E-state index contributed by atoms with van der Waals surface area (Å²) in [5, 5.41) is 11.8. The van der Waals surface area contributed by atoms with Gasteiger partial charge in [-0.15, -0.1) is 5.10 Å². The number of nitrogens with zero attached hydrogens (tertiary/aromatic N) is 5. The molecule has 1 unspecified atom stereocenters. The van der Waals surface area contributed by atoms with E-state index in [1.165, 1.54) is 0 Å². The van der Waals surface area contributed by atoms with Crippen molar-refractivity contribution in [2.45, 2.75) is 32.2 Å². The maximum atomic E-state index is 5.38. The molecule has 0 amide bonds. The van der Waals surface area contributed by atoms with E-state index in [1.807, 2.05) is 12.1 Å². The average molecular weight is 259 g/mol. The van der Waals surface area contributed by atoms with Crippen LogP contribution in [0.2, 0.25) is 0 Å². The van der Waals surface area contributed by atoms with Gasteiger partial charge in [0.25, 0.3) is 0 Å². The Morgan fingerprint density at radius 2 is 2.32 bits per heavy atom. The number of hydrogen-bond acceptors (Lipinski definition) is 6. The van der Waals surface area contributed by atoms with Gasteiger partial charge in [-0.25, -0.2) is 0 Å². The van der Waals surface area contributed by atoms with E-state index in [0.717, 1.165) is 19.5 Å². The standard InChI is InChI=1S/C13H17N5O/c1-9(2)18-7-5-10(8-18)13-15-12(17-19-13)11-4-3-6-14-16-11/h3-4,6,9-10H,5,7-8H2,1-2H3. The third kappa shape index (κ3) is 2.49. The summed E-state index contributed by atoms with van der Waals surface area (Å²) in [6.07, 6.45) is 2.70. The SMILES string of the molecule is CC(C)N1CCC(c2nc(-c3cccnn3)no2)C1. The number of likely N-dealkylation sites (tertiary alicyclic amines) is 1. The lowest BCUT2D eigenvalue weighted by molar-refractivity contribution is 0.265. The highest BCUT2D eigenvalue weighted by Crippen LogP contribution is 2.28. The second kappa shape index (κ2) is 5.05. The van der Waals surface area contributed by atoms with E-state index in [4.69, 9.17) is 4.52 Å². The molecule has 2 aromatic rings. The maximum Gasteiger partial charge on any atom is 0.231 e. The van der Waals surface area contributed by atoms with Gasteiger partial charge < -0.3 is 9.42 Å². The second-order valence-electron chi connectivity index (χ2n) is 5.14. The summed E-state index contributed by atoms with van der Waals surface area (Å²) in [6, 6.07) is 4.21. The van der Waals surface area contributed by atoms with Crippen molar-refractivity contribution in [2.75, 3.05) is 13.1 Å². The van der Waals surface area contributed by atoms with Crippen molar-refractivity contribution in [3.63, 3.8) is 0 Å². The van der Waals surface area contributed by atoms with Crippen LogP contribution in [0.1, 0.15) is 32.1 Å². The summed E-state index contributed by atoms with van der Waals surface area (Å²) in [7, 11) is 0. The zero-order valence-electron chi connectivity index (χ0n) is 11.2. The predicted octanol–water partition coefficient (Wildman–Crippen LogP) is 1.72. The van der Waals surface area contributed by atoms with Crippen molar-refractivity contribution in [1.82, 2.24) is 25.2 Å². The van der Waals surface area contributed by atoms with Gasteiger partial charge in [-0.05, 0) is 38.9 Å².